The first kappa shape index (κ1) is 43.1. The summed E-state index contributed by atoms with van der Waals surface area (Å²) in [6, 6.07) is 0. The van der Waals surface area contributed by atoms with Crippen LogP contribution in [0.4, 0.5) is 0 Å². The van der Waals surface area contributed by atoms with Gasteiger partial charge >= 0.3 is 17.9 Å². The second-order valence-electron chi connectivity index (χ2n) is 4.78. The number of aliphatic carboxylic acids is 7. The Hall–Kier alpha value is -3.83. The molecule has 0 rings (SSSR count). The maximum Gasteiger partial charge on any atom is 0.333 e. The first-order chi connectivity index (χ1) is 14.8. The van der Waals surface area contributed by atoms with Gasteiger partial charge in [0.25, 0.3) is 23.9 Å². The van der Waals surface area contributed by atoms with E-state index in [1.165, 1.54) is 0 Å². The maximum atomic E-state index is 10.3. The lowest BCUT2D eigenvalue weighted by atomic mass is 10.2. The van der Waals surface area contributed by atoms with E-state index < -0.39 is 60.9 Å². The van der Waals surface area contributed by atoms with E-state index in [1.807, 2.05) is 0 Å². The Morgan fingerprint density at radius 3 is 0.970 bits per heavy atom. The molecule has 0 saturated carbocycles. The molecular formula is C16H32N2O15. The van der Waals surface area contributed by atoms with Crippen molar-refractivity contribution in [1.82, 2.24) is 0 Å². The molecule has 0 bridgehead atoms. The molecule has 11 N–H and O–H groups in total. The third-order valence-corrected chi connectivity index (χ3v) is 1.21. The van der Waals surface area contributed by atoms with Crippen molar-refractivity contribution in [2.45, 2.75) is 40.2 Å². The first-order valence-corrected chi connectivity index (χ1v) is 8.24. The van der Waals surface area contributed by atoms with E-state index in [-0.39, 0.29) is 0 Å². The van der Waals surface area contributed by atoms with Crippen molar-refractivity contribution >= 4 is 41.8 Å². The van der Waals surface area contributed by atoms with Crippen molar-refractivity contribution in [2.75, 3.05) is 19.7 Å². The van der Waals surface area contributed by atoms with Crippen molar-refractivity contribution in [3.63, 3.8) is 0 Å². The van der Waals surface area contributed by atoms with E-state index in [0.717, 1.165) is 27.7 Å². The zero-order valence-corrected chi connectivity index (χ0v) is 18.5. The fraction of sp³-hybridized carbons (Fsp3) is 0.562. The quantitative estimate of drug-likeness (QED) is 0.191. The molecule has 0 spiro atoms. The Morgan fingerprint density at radius 2 is 0.848 bits per heavy atom. The summed E-state index contributed by atoms with van der Waals surface area (Å²) in [6.45, 7) is 4.70. The van der Waals surface area contributed by atoms with Gasteiger partial charge in [0.15, 0.2) is 6.10 Å². The fourth-order valence-electron chi connectivity index (χ4n) is 0.548. The number of ether oxygens (including phenoxy) is 1. The van der Waals surface area contributed by atoms with Crippen molar-refractivity contribution in [3.8, 4) is 0 Å². The molecule has 0 aliphatic heterocycles. The summed E-state index contributed by atoms with van der Waals surface area (Å²) in [6.07, 6.45) is -2.38. The Kier molecular flexibility index (Phi) is 42.9. The van der Waals surface area contributed by atoms with Crippen LogP contribution in [0.2, 0.25) is 0 Å². The van der Waals surface area contributed by atoms with E-state index in [2.05, 4.69) is 4.74 Å². The van der Waals surface area contributed by atoms with Gasteiger partial charge in [-0.15, -0.1) is 0 Å². The summed E-state index contributed by atoms with van der Waals surface area (Å²) in [5, 5.41) is 54.3. The van der Waals surface area contributed by atoms with Gasteiger partial charge in [-0.1, -0.05) is 0 Å². The van der Waals surface area contributed by atoms with Crippen LogP contribution in [0.5, 0.6) is 0 Å². The molecular weight excluding hydrogens is 460 g/mol. The van der Waals surface area contributed by atoms with E-state index in [9.17, 15) is 14.4 Å². The Morgan fingerprint density at radius 1 is 0.606 bits per heavy atom. The van der Waals surface area contributed by atoms with Gasteiger partial charge in [-0.2, -0.15) is 0 Å². The lowest BCUT2D eigenvalue weighted by molar-refractivity contribution is -0.161. The minimum atomic E-state index is -1.62. The van der Waals surface area contributed by atoms with Gasteiger partial charge in [-0.3, -0.25) is 24.0 Å². The van der Waals surface area contributed by atoms with Crippen LogP contribution in [0.3, 0.4) is 0 Å². The number of carbonyl (C=O) groups is 7. The predicted octanol–water partition coefficient (Wildman–Crippen LogP) is -1.72. The van der Waals surface area contributed by atoms with Crippen LogP contribution in [0.15, 0.2) is 0 Å². The molecule has 0 aromatic carbocycles. The van der Waals surface area contributed by atoms with Crippen molar-refractivity contribution in [3.05, 3.63) is 0 Å². The molecule has 0 fully saturated rings. The number of hydrogen-bond acceptors (Lipinski definition) is 10. The van der Waals surface area contributed by atoms with Gasteiger partial charge in [0.2, 0.25) is 0 Å². The Balaban J connectivity index is -0.0000000754. The predicted molar refractivity (Wildman–Crippen MR) is 109 cm³/mol. The number of hydrogen-bond donors (Lipinski definition) is 9. The Labute approximate surface area is 188 Å². The highest BCUT2D eigenvalue weighted by molar-refractivity contribution is 5.80. The lowest BCUT2D eigenvalue weighted by Crippen LogP contribution is -2.29. The number of carboxylic acids is 7. The average molecular weight is 492 g/mol. The maximum absolute atomic E-state index is 10.3. The summed E-state index contributed by atoms with van der Waals surface area (Å²) in [7, 11) is 0. The second-order valence-corrected chi connectivity index (χ2v) is 4.78. The van der Waals surface area contributed by atoms with Crippen LogP contribution in [0, 0.1) is 0 Å². The SMILES string of the molecule is CC(=O)O.CC(=O)O.CC(=O)O.CC(=O)O.NCCN.O=C(O)COC(CC(=O)O)C(=O)O. The minimum Gasteiger partial charge on any atom is -0.481 e. The van der Waals surface area contributed by atoms with Crippen molar-refractivity contribution < 1.29 is 74.0 Å². The molecule has 0 saturated heterocycles. The van der Waals surface area contributed by atoms with Gasteiger partial charge in [0.05, 0.1) is 6.42 Å². The van der Waals surface area contributed by atoms with Crippen LogP contribution >= 0.6 is 0 Å². The van der Waals surface area contributed by atoms with Crippen LogP contribution in [0.25, 0.3) is 0 Å². The zero-order valence-electron chi connectivity index (χ0n) is 18.5. The normalized spacial score (nSPS) is 8.67. The third-order valence-electron chi connectivity index (χ3n) is 1.21. The van der Waals surface area contributed by atoms with E-state index >= 15 is 0 Å². The highest BCUT2D eigenvalue weighted by atomic mass is 16.5. The van der Waals surface area contributed by atoms with E-state index in [1.54, 1.807) is 0 Å². The second kappa shape index (κ2) is 32.8. The van der Waals surface area contributed by atoms with Gasteiger partial charge in [0.1, 0.15) is 6.61 Å². The molecule has 0 aliphatic rings. The molecule has 0 aromatic rings. The zero-order chi connectivity index (χ0) is 28.2. The van der Waals surface area contributed by atoms with Crippen LogP contribution in [-0.4, -0.2) is 103 Å². The van der Waals surface area contributed by atoms with Crippen LogP contribution < -0.4 is 11.5 Å². The summed E-state index contributed by atoms with van der Waals surface area (Å²) in [5.41, 5.74) is 9.81. The molecule has 0 aromatic heterocycles. The van der Waals surface area contributed by atoms with Crippen LogP contribution in [0.1, 0.15) is 34.1 Å². The number of rotatable bonds is 7. The molecule has 17 heteroatoms. The van der Waals surface area contributed by atoms with Gasteiger partial charge in [-0.05, 0) is 0 Å². The first-order valence-electron chi connectivity index (χ1n) is 8.24. The molecule has 33 heavy (non-hydrogen) atoms. The van der Waals surface area contributed by atoms with Gasteiger partial charge < -0.3 is 51.9 Å². The Bertz CT molecular complexity index is 512. The monoisotopic (exact) mass is 492 g/mol. The summed E-state index contributed by atoms with van der Waals surface area (Å²) >= 11 is 0. The highest BCUT2D eigenvalue weighted by Gasteiger charge is 2.22. The minimum absolute atomic E-state index is 0.597. The molecule has 0 aliphatic carbocycles. The van der Waals surface area contributed by atoms with E-state index in [0.29, 0.717) is 13.1 Å². The van der Waals surface area contributed by atoms with Crippen molar-refractivity contribution in [1.29, 1.82) is 0 Å². The molecule has 17 nitrogen and oxygen atoms in total. The molecule has 196 valence electrons. The number of nitrogens with two attached hydrogens (primary N) is 2. The summed E-state index contributed by atoms with van der Waals surface area (Å²) in [5.74, 6) is -7.54. The standard InChI is InChI=1S/C6H8O7.C2H8N2.4C2H4O2/c7-4(8)1-3(6(11)12)13-2-5(9)10;3-1-2-4;4*1-2(3)4/h3H,1-2H2,(H,7,8)(H,9,10)(H,11,12);1-4H2;4*1H3,(H,3,4). The van der Waals surface area contributed by atoms with Gasteiger partial charge in [-0.25, -0.2) is 9.59 Å². The molecule has 1 atom stereocenters. The topological polar surface area (TPSA) is 322 Å². The molecule has 0 radical (unpaired) electrons. The average Bonchev–Trinajstić information content (AvgIpc) is 2.56. The van der Waals surface area contributed by atoms with Gasteiger partial charge in [0, 0.05) is 40.8 Å². The van der Waals surface area contributed by atoms with Crippen LogP contribution in [-0.2, 0) is 38.3 Å². The summed E-state index contributed by atoms with van der Waals surface area (Å²) in [4.78, 5) is 66.3. The fourth-order valence-corrected chi connectivity index (χ4v) is 0.548. The third kappa shape index (κ3) is 187. The summed E-state index contributed by atoms with van der Waals surface area (Å²) < 4.78 is 4.30. The van der Waals surface area contributed by atoms with Crippen molar-refractivity contribution in [2.24, 2.45) is 11.5 Å². The van der Waals surface area contributed by atoms with E-state index in [4.69, 9.17) is 66.4 Å². The molecule has 1 unspecified atom stereocenters. The molecule has 0 heterocycles. The molecule has 0 amide bonds. The largest absolute Gasteiger partial charge is 0.481 e. The smallest absolute Gasteiger partial charge is 0.333 e. The highest BCUT2D eigenvalue weighted by Crippen LogP contribution is 1.98. The lowest BCUT2D eigenvalue weighted by Gasteiger charge is -2.08. The number of carboxylic acid groups (broad SMARTS) is 7.